The van der Waals surface area contributed by atoms with Gasteiger partial charge in [0.1, 0.15) is 5.01 Å². The van der Waals surface area contributed by atoms with E-state index in [4.69, 9.17) is 11.6 Å². The molecule has 0 saturated carbocycles. The molecule has 3 nitrogen and oxygen atoms in total. The van der Waals surface area contributed by atoms with Crippen LogP contribution in [-0.4, -0.2) is 9.97 Å². The number of rotatable bonds is 2. The van der Waals surface area contributed by atoms with E-state index in [0.717, 1.165) is 22.0 Å². The maximum atomic E-state index is 12.3. The van der Waals surface area contributed by atoms with Gasteiger partial charge in [-0.05, 0) is 24.5 Å². The lowest BCUT2D eigenvalue weighted by atomic mass is 10.1. The smallest absolute Gasteiger partial charge is 0.190 e. The first-order chi connectivity index (χ1) is 9.97. The van der Waals surface area contributed by atoms with E-state index < -0.39 is 0 Å². The average Bonchev–Trinajstić information content (AvgIpc) is 2.93. The Kier molecular flexibility index (Phi) is 3.59. The summed E-state index contributed by atoms with van der Waals surface area (Å²) in [6.07, 6.45) is 0. The molecule has 0 spiro atoms. The number of benzene rings is 1. The Bertz CT molecular complexity index is 880. The van der Waals surface area contributed by atoms with Crippen LogP contribution in [0.5, 0.6) is 0 Å². The van der Waals surface area contributed by atoms with Crippen molar-refractivity contribution in [2.24, 2.45) is 0 Å². The summed E-state index contributed by atoms with van der Waals surface area (Å²) in [5.41, 5.74) is 3.34. The lowest BCUT2D eigenvalue weighted by molar-refractivity contribution is 0.834. The second-order valence-corrected chi connectivity index (χ2v) is 6.63. The molecule has 1 aromatic carbocycles. The second kappa shape index (κ2) is 5.28. The standard InChI is InChI=1S/C16H15ClN2OS/c1-8(2)12-7-21-16(19-12)11-6-13(20)10-5-4-9(3)14(17)15(10)18-11/h4-8H,1-3H3,(H,18,20). The van der Waals surface area contributed by atoms with Crippen LogP contribution >= 0.6 is 22.9 Å². The Labute approximate surface area is 131 Å². The third kappa shape index (κ3) is 2.49. The van der Waals surface area contributed by atoms with Crippen LogP contribution in [0.4, 0.5) is 0 Å². The van der Waals surface area contributed by atoms with E-state index in [-0.39, 0.29) is 5.43 Å². The van der Waals surface area contributed by atoms with Crippen LogP contribution in [0, 0.1) is 6.92 Å². The van der Waals surface area contributed by atoms with Gasteiger partial charge in [0.05, 0.1) is 21.9 Å². The average molecular weight is 319 g/mol. The summed E-state index contributed by atoms with van der Waals surface area (Å²) in [5, 5.41) is 4.04. The summed E-state index contributed by atoms with van der Waals surface area (Å²) in [4.78, 5) is 20.1. The van der Waals surface area contributed by atoms with Crippen molar-refractivity contribution in [3.05, 3.63) is 50.1 Å². The molecule has 0 unspecified atom stereocenters. The van der Waals surface area contributed by atoms with E-state index >= 15 is 0 Å². The summed E-state index contributed by atoms with van der Waals surface area (Å²) in [5.74, 6) is 0.369. The van der Waals surface area contributed by atoms with Crippen molar-refractivity contribution in [3.63, 3.8) is 0 Å². The van der Waals surface area contributed by atoms with E-state index in [9.17, 15) is 4.79 Å². The van der Waals surface area contributed by atoms with Crippen molar-refractivity contribution in [1.29, 1.82) is 0 Å². The van der Waals surface area contributed by atoms with Crippen molar-refractivity contribution in [1.82, 2.24) is 9.97 Å². The number of hydrogen-bond donors (Lipinski definition) is 1. The number of fused-ring (bicyclic) bond motifs is 1. The first kappa shape index (κ1) is 14.3. The molecule has 3 rings (SSSR count). The summed E-state index contributed by atoms with van der Waals surface area (Å²) in [6, 6.07) is 5.26. The molecule has 21 heavy (non-hydrogen) atoms. The third-order valence-corrected chi connectivity index (χ3v) is 4.86. The van der Waals surface area contributed by atoms with Crippen molar-refractivity contribution in [2.45, 2.75) is 26.7 Å². The van der Waals surface area contributed by atoms with Crippen LogP contribution in [-0.2, 0) is 0 Å². The van der Waals surface area contributed by atoms with Crippen LogP contribution in [0.2, 0.25) is 5.02 Å². The Balaban J connectivity index is 2.24. The SMILES string of the molecule is Cc1ccc2c(=O)cc(-c3nc(C(C)C)cs3)[nH]c2c1Cl. The van der Waals surface area contributed by atoms with E-state index in [2.05, 4.69) is 23.8 Å². The molecule has 0 fully saturated rings. The monoisotopic (exact) mass is 318 g/mol. The molecule has 0 atom stereocenters. The third-order valence-electron chi connectivity index (χ3n) is 3.48. The number of aromatic nitrogens is 2. The van der Waals surface area contributed by atoms with Gasteiger partial charge in [-0.3, -0.25) is 4.79 Å². The van der Waals surface area contributed by atoms with Gasteiger partial charge in [0.25, 0.3) is 0 Å². The maximum Gasteiger partial charge on any atom is 0.190 e. The highest BCUT2D eigenvalue weighted by Gasteiger charge is 2.12. The molecule has 0 saturated heterocycles. The molecule has 1 N–H and O–H groups in total. The normalized spacial score (nSPS) is 11.5. The molecule has 0 radical (unpaired) electrons. The number of H-pyrrole nitrogens is 1. The first-order valence-corrected chi connectivity index (χ1v) is 8.01. The van der Waals surface area contributed by atoms with Gasteiger partial charge < -0.3 is 4.98 Å². The summed E-state index contributed by atoms with van der Waals surface area (Å²) in [6.45, 7) is 6.12. The number of thiazole rings is 1. The summed E-state index contributed by atoms with van der Waals surface area (Å²) < 4.78 is 0. The van der Waals surface area contributed by atoms with Crippen LogP contribution in [0.3, 0.4) is 0 Å². The quantitative estimate of drug-likeness (QED) is 0.742. The zero-order valence-electron chi connectivity index (χ0n) is 12.0. The Morgan fingerprint density at radius 1 is 1.33 bits per heavy atom. The molecule has 0 aliphatic carbocycles. The van der Waals surface area contributed by atoms with Crippen molar-refractivity contribution in [2.75, 3.05) is 0 Å². The number of aryl methyl sites for hydroxylation is 1. The largest absolute Gasteiger partial charge is 0.351 e. The van der Waals surface area contributed by atoms with Gasteiger partial charge in [0.15, 0.2) is 5.43 Å². The van der Waals surface area contributed by atoms with Crippen molar-refractivity contribution < 1.29 is 0 Å². The van der Waals surface area contributed by atoms with Gasteiger partial charge in [-0.1, -0.05) is 31.5 Å². The zero-order valence-corrected chi connectivity index (χ0v) is 13.6. The van der Waals surface area contributed by atoms with Gasteiger partial charge in [-0.2, -0.15) is 0 Å². The number of aromatic amines is 1. The van der Waals surface area contributed by atoms with E-state index in [1.54, 1.807) is 12.1 Å². The zero-order chi connectivity index (χ0) is 15.1. The summed E-state index contributed by atoms with van der Waals surface area (Å²) in [7, 11) is 0. The first-order valence-electron chi connectivity index (χ1n) is 6.75. The van der Waals surface area contributed by atoms with Gasteiger partial charge >= 0.3 is 0 Å². The highest BCUT2D eigenvalue weighted by atomic mass is 35.5. The Morgan fingerprint density at radius 3 is 2.76 bits per heavy atom. The highest BCUT2D eigenvalue weighted by molar-refractivity contribution is 7.13. The molecule has 2 aromatic heterocycles. The molecular weight excluding hydrogens is 304 g/mol. The van der Waals surface area contributed by atoms with Crippen LogP contribution in [0.25, 0.3) is 21.6 Å². The fraction of sp³-hybridized carbons (Fsp3) is 0.250. The van der Waals surface area contributed by atoms with Gasteiger partial charge in [-0.25, -0.2) is 4.98 Å². The summed E-state index contributed by atoms with van der Waals surface area (Å²) >= 11 is 7.86. The molecule has 2 heterocycles. The molecular formula is C16H15ClN2OS. The number of pyridine rings is 1. The van der Waals surface area contributed by atoms with Crippen LogP contribution < -0.4 is 5.43 Å². The highest BCUT2D eigenvalue weighted by Crippen LogP contribution is 2.28. The minimum absolute atomic E-state index is 0.0399. The lowest BCUT2D eigenvalue weighted by Crippen LogP contribution is -2.03. The van der Waals surface area contributed by atoms with E-state index in [1.165, 1.54) is 11.3 Å². The predicted octanol–water partition coefficient (Wildman–Crippen LogP) is 4.74. The molecule has 0 amide bonds. The maximum absolute atomic E-state index is 12.3. The molecule has 108 valence electrons. The fourth-order valence-electron chi connectivity index (χ4n) is 2.18. The lowest BCUT2D eigenvalue weighted by Gasteiger charge is -2.06. The van der Waals surface area contributed by atoms with Gasteiger partial charge in [0, 0.05) is 16.8 Å². The number of nitrogens with zero attached hydrogens (tertiary/aromatic N) is 1. The fourth-order valence-corrected chi connectivity index (χ4v) is 3.34. The number of halogens is 1. The number of nitrogens with one attached hydrogen (secondary N) is 1. The van der Waals surface area contributed by atoms with E-state index in [0.29, 0.717) is 21.8 Å². The Hall–Kier alpha value is -1.65. The predicted molar refractivity (Wildman–Crippen MR) is 89.5 cm³/mol. The minimum Gasteiger partial charge on any atom is -0.351 e. The van der Waals surface area contributed by atoms with Gasteiger partial charge in [-0.15, -0.1) is 11.3 Å². The molecule has 5 heteroatoms. The van der Waals surface area contributed by atoms with Gasteiger partial charge in [0.2, 0.25) is 0 Å². The minimum atomic E-state index is -0.0399. The van der Waals surface area contributed by atoms with Crippen LogP contribution in [0.15, 0.2) is 28.4 Å². The van der Waals surface area contributed by atoms with Crippen LogP contribution in [0.1, 0.15) is 31.0 Å². The van der Waals surface area contributed by atoms with E-state index in [1.807, 2.05) is 18.4 Å². The topological polar surface area (TPSA) is 45.8 Å². The van der Waals surface area contributed by atoms with Crippen molar-refractivity contribution in [3.8, 4) is 10.7 Å². The Morgan fingerprint density at radius 2 is 2.10 bits per heavy atom. The second-order valence-electron chi connectivity index (χ2n) is 5.40. The molecule has 0 aliphatic rings. The van der Waals surface area contributed by atoms with Crippen molar-refractivity contribution >= 4 is 33.8 Å². The molecule has 3 aromatic rings. The molecule has 0 aliphatic heterocycles. The molecule has 0 bridgehead atoms. The number of hydrogen-bond acceptors (Lipinski definition) is 3.